The molecule has 2 atom stereocenters. The molecule has 7 nitrogen and oxygen atoms in total. The number of ether oxygens (including phenoxy) is 1. The summed E-state index contributed by atoms with van der Waals surface area (Å²) >= 11 is 0. The Bertz CT molecular complexity index is 1240. The summed E-state index contributed by atoms with van der Waals surface area (Å²) in [5.74, 6) is 0.0863. The van der Waals surface area contributed by atoms with Gasteiger partial charge in [-0.1, -0.05) is 26.8 Å². The van der Waals surface area contributed by atoms with E-state index >= 15 is 0 Å². The minimum Gasteiger partial charge on any atom is -0.378 e. The molecule has 4 aliphatic rings. The molecule has 164 valence electrons. The zero-order chi connectivity index (χ0) is 21.8. The van der Waals surface area contributed by atoms with Crippen LogP contribution < -0.4 is 0 Å². The number of hydrogen-bond donors (Lipinski definition) is 0. The van der Waals surface area contributed by atoms with E-state index < -0.39 is 0 Å². The molecule has 0 radical (unpaired) electrons. The highest BCUT2D eigenvalue weighted by atomic mass is 31.1. The van der Waals surface area contributed by atoms with Gasteiger partial charge in [0.1, 0.15) is 0 Å². The monoisotopic (exact) mass is 447 g/mol. The molecule has 6 rings (SSSR count). The first-order valence-corrected chi connectivity index (χ1v) is 12.2. The van der Waals surface area contributed by atoms with Crippen LogP contribution in [0.15, 0.2) is 53.9 Å². The van der Waals surface area contributed by atoms with E-state index in [1.165, 1.54) is 5.57 Å². The molecule has 4 aliphatic heterocycles. The molecule has 2 unspecified atom stereocenters. The van der Waals surface area contributed by atoms with Crippen LogP contribution in [-0.2, 0) is 9.53 Å². The van der Waals surface area contributed by atoms with Gasteiger partial charge in [0.05, 0.1) is 53.8 Å². The lowest BCUT2D eigenvalue weighted by atomic mass is 9.97. The molecular formula is C24H26N5O2P. The first-order chi connectivity index (χ1) is 15.5. The molecule has 0 aliphatic carbocycles. The lowest BCUT2D eigenvalue weighted by Crippen LogP contribution is -2.50. The minimum atomic E-state index is 0.0262. The zero-order valence-corrected chi connectivity index (χ0v) is 19.3. The van der Waals surface area contributed by atoms with Crippen LogP contribution in [0, 0.1) is 13.8 Å². The SMILES string of the molecule is Cc1cn2nc(C3=CC(=O)N4C=C(C5=CCN(C6COC6)CC5)C=CC4P3)cc2c(C)n1. The highest BCUT2D eigenvalue weighted by Crippen LogP contribution is 2.45. The zero-order valence-electron chi connectivity index (χ0n) is 18.3. The summed E-state index contributed by atoms with van der Waals surface area (Å²) < 4.78 is 7.20. The summed E-state index contributed by atoms with van der Waals surface area (Å²) in [5.41, 5.74) is 6.22. The molecule has 0 saturated carbocycles. The molecule has 1 saturated heterocycles. The molecule has 0 bridgehead atoms. The van der Waals surface area contributed by atoms with Crippen molar-refractivity contribution < 1.29 is 9.53 Å². The second-order valence-corrected chi connectivity index (χ2v) is 10.2. The van der Waals surface area contributed by atoms with Crippen LogP contribution in [0.2, 0.25) is 0 Å². The lowest BCUT2D eigenvalue weighted by molar-refractivity contribution is -0.123. The minimum absolute atomic E-state index is 0.0262. The van der Waals surface area contributed by atoms with Crippen LogP contribution in [0.25, 0.3) is 10.8 Å². The maximum atomic E-state index is 13.1. The summed E-state index contributed by atoms with van der Waals surface area (Å²) in [4.78, 5) is 22.0. The molecular weight excluding hydrogens is 421 g/mol. The fourth-order valence-electron chi connectivity index (χ4n) is 4.75. The van der Waals surface area contributed by atoms with Gasteiger partial charge in [-0.25, -0.2) is 4.52 Å². The predicted molar refractivity (Wildman–Crippen MR) is 125 cm³/mol. The molecule has 32 heavy (non-hydrogen) atoms. The highest BCUT2D eigenvalue weighted by Gasteiger charge is 2.31. The van der Waals surface area contributed by atoms with Gasteiger partial charge in [0, 0.05) is 30.7 Å². The highest BCUT2D eigenvalue weighted by molar-refractivity contribution is 7.51. The van der Waals surface area contributed by atoms with E-state index in [1.807, 2.05) is 41.7 Å². The topological polar surface area (TPSA) is 63.0 Å². The van der Waals surface area contributed by atoms with E-state index in [9.17, 15) is 4.79 Å². The van der Waals surface area contributed by atoms with Crippen molar-refractivity contribution >= 4 is 25.3 Å². The van der Waals surface area contributed by atoms with Gasteiger partial charge in [-0.15, -0.1) is 0 Å². The average Bonchev–Trinajstić information content (AvgIpc) is 3.17. The second-order valence-electron chi connectivity index (χ2n) is 8.83. The quantitative estimate of drug-likeness (QED) is 0.677. The van der Waals surface area contributed by atoms with Crippen LogP contribution in [0.4, 0.5) is 0 Å². The molecule has 6 heterocycles. The Morgan fingerprint density at radius 1 is 1.25 bits per heavy atom. The maximum Gasteiger partial charge on any atom is 0.252 e. The standard InChI is InChI=1S/C24H26N5O2P/c1-15-11-29-21(16(2)25-15)9-20(26-29)22-10-23(30)28-12-18(3-4-24(28)32-22)17-5-7-27(8-6-17)19-13-31-14-19/h3-5,9-12,19,24,32H,6-8,13-14H2,1-2H3. The van der Waals surface area contributed by atoms with Crippen molar-refractivity contribution in [2.24, 2.45) is 0 Å². The summed E-state index contributed by atoms with van der Waals surface area (Å²) in [6.07, 6.45) is 13.4. The van der Waals surface area contributed by atoms with E-state index in [1.54, 1.807) is 6.08 Å². The Morgan fingerprint density at radius 2 is 2.12 bits per heavy atom. The van der Waals surface area contributed by atoms with Crippen LogP contribution in [0.3, 0.4) is 0 Å². The van der Waals surface area contributed by atoms with E-state index in [-0.39, 0.29) is 11.7 Å². The van der Waals surface area contributed by atoms with E-state index in [4.69, 9.17) is 9.84 Å². The number of fused-ring (bicyclic) bond motifs is 2. The number of allylic oxidation sites excluding steroid dienone is 2. The van der Waals surface area contributed by atoms with Gasteiger partial charge in [0.25, 0.3) is 5.91 Å². The van der Waals surface area contributed by atoms with Crippen molar-refractivity contribution in [3.8, 4) is 0 Å². The summed E-state index contributed by atoms with van der Waals surface area (Å²) in [7, 11) is 0.460. The number of rotatable bonds is 3. The van der Waals surface area contributed by atoms with Crippen molar-refractivity contribution in [1.29, 1.82) is 0 Å². The van der Waals surface area contributed by atoms with Gasteiger partial charge >= 0.3 is 0 Å². The first-order valence-electron chi connectivity index (χ1n) is 11.1. The summed E-state index contributed by atoms with van der Waals surface area (Å²) in [5, 5.41) is 5.74. The third-order valence-corrected chi connectivity index (χ3v) is 8.12. The Kier molecular flexibility index (Phi) is 4.86. The molecule has 2 aromatic heterocycles. The fourth-order valence-corrected chi connectivity index (χ4v) is 6.08. The largest absolute Gasteiger partial charge is 0.378 e. The van der Waals surface area contributed by atoms with E-state index in [0.29, 0.717) is 14.6 Å². The van der Waals surface area contributed by atoms with E-state index in [0.717, 1.165) is 66.2 Å². The number of carbonyl (C=O) groups is 1. The number of aromatic nitrogens is 3. The first kappa shape index (κ1) is 20.0. The molecule has 1 fully saturated rings. The number of nitrogens with zero attached hydrogens (tertiary/aromatic N) is 5. The number of hydrogen-bond acceptors (Lipinski definition) is 5. The van der Waals surface area contributed by atoms with Gasteiger partial charge in [-0.05, 0) is 37.5 Å². The predicted octanol–water partition coefficient (Wildman–Crippen LogP) is 3.02. The van der Waals surface area contributed by atoms with Crippen LogP contribution in [0.1, 0.15) is 23.5 Å². The van der Waals surface area contributed by atoms with Crippen molar-refractivity contribution in [2.75, 3.05) is 26.3 Å². The molecule has 0 aromatic carbocycles. The molecule has 2 aromatic rings. The van der Waals surface area contributed by atoms with Crippen molar-refractivity contribution in [3.63, 3.8) is 0 Å². The lowest BCUT2D eigenvalue weighted by Gasteiger charge is -2.39. The molecule has 0 N–H and O–H groups in total. The Hall–Kier alpha value is -2.60. The Labute approximate surface area is 188 Å². The Morgan fingerprint density at radius 3 is 2.88 bits per heavy atom. The third kappa shape index (κ3) is 3.45. The summed E-state index contributed by atoms with van der Waals surface area (Å²) in [6.45, 7) is 7.68. The molecule has 1 amide bonds. The van der Waals surface area contributed by atoms with Gasteiger partial charge in [-0.2, -0.15) is 5.10 Å². The smallest absolute Gasteiger partial charge is 0.252 e. The van der Waals surface area contributed by atoms with Crippen LogP contribution in [-0.4, -0.2) is 68.4 Å². The van der Waals surface area contributed by atoms with Crippen LogP contribution in [0.5, 0.6) is 0 Å². The number of amides is 1. The van der Waals surface area contributed by atoms with Gasteiger partial charge in [-0.3, -0.25) is 14.7 Å². The van der Waals surface area contributed by atoms with Crippen molar-refractivity contribution in [2.45, 2.75) is 32.1 Å². The van der Waals surface area contributed by atoms with Gasteiger partial charge in [0.2, 0.25) is 0 Å². The third-order valence-electron chi connectivity index (χ3n) is 6.65. The fraction of sp³-hybridized carbons (Fsp3) is 0.375. The molecule has 0 spiro atoms. The molecule has 8 heteroatoms. The number of carbonyl (C=O) groups excluding carboxylic acids is 1. The van der Waals surface area contributed by atoms with Gasteiger partial charge < -0.3 is 9.64 Å². The normalized spacial score (nSPS) is 24.9. The van der Waals surface area contributed by atoms with Gasteiger partial charge in [0.15, 0.2) is 0 Å². The second kappa shape index (κ2) is 7.77. The maximum absolute atomic E-state index is 13.1. The van der Waals surface area contributed by atoms with Crippen molar-refractivity contribution in [1.82, 2.24) is 24.4 Å². The van der Waals surface area contributed by atoms with Crippen LogP contribution >= 0.6 is 8.58 Å². The van der Waals surface area contributed by atoms with Crippen molar-refractivity contribution in [3.05, 3.63) is 71.0 Å². The summed E-state index contributed by atoms with van der Waals surface area (Å²) in [6, 6.07) is 2.62. The Balaban J connectivity index is 1.23. The van der Waals surface area contributed by atoms with E-state index in [2.05, 4.69) is 28.1 Å². The average molecular weight is 447 g/mol. The number of aryl methyl sites for hydroxylation is 2.